The Bertz CT molecular complexity index is 501. The van der Waals surface area contributed by atoms with Crippen molar-refractivity contribution in [1.29, 1.82) is 0 Å². The molecule has 0 spiro atoms. The zero-order valence-electron chi connectivity index (χ0n) is 8.99. The van der Waals surface area contributed by atoms with Gasteiger partial charge in [0.1, 0.15) is 5.76 Å². The predicted molar refractivity (Wildman–Crippen MR) is 71.6 cm³/mol. The molecule has 1 atom stereocenters. The second-order valence-electron chi connectivity index (χ2n) is 3.66. The maximum atomic E-state index is 5.75. The van der Waals surface area contributed by atoms with Crippen LogP contribution in [-0.4, -0.2) is 0 Å². The van der Waals surface area contributed by atoms with E-state index in [1.54, 1.807) is 6.07 Å². The molecule has 1 aromatic carbocycles. The SMILES string of the molecule is NNC(Cc1ccccc1Br)c1ccc(Cl)o1. The topological polar surface area (TPSA) is 51.2 Å². The molecule has 5 heteroatoms. The maximum Gasteiger partial charge on any atom is 0.193 e. The van der Waals surface area contributed by atoms with Crippen LogP contribution in [-0.2, 0) is 6.42 Å². The first-order chi connectivity index (χ1) is 8.20. The van der Waals surface area contributed by atoms with Crippen LogP contribution in [0.15, 0.2) is 45.3 Å². The van der Waals surface area contributed by atoms with E-state index in [9.17, 15) is 0 Å². The minimum atomic E-state index is -0.0961. The molecule has 0 saturated heterocycles. The average molecular weight is 316 g/mol. The molecule has 2 aromatic rings. The van der Waals surface area contributed by atoms with Crippen LogP contribution < -0.4 is 11.3 Å². The highest BCUT2D eigenvalue weighted by molar-refractivity contribution is 9.10. The van der Waals surface area contributed by atoms with E-state index >= 15 is 0 Å². The van der Waals surface area contributed by atoms with Crippen LogP contribution in [0.3, 0.4) is 0 Å². The molecule has 1 unspecified atom stereocenters. The Labute approximate surface area is 113 Å². The quantitative estimate of drug-likeness (QED) is 0.671. The molecule has 1 heterocycles. The number of hydrogen-bond donors (Lipinski definition) is 2. The van der Waals surface area contributed by atoms with Crippen LogP contribution in [0.25, 0.3) is 0 Å². The molecule has 0 radical (unpaired) electrons. The third-order valence-corrected chi connectivity index (χ3v) is 3.50. The van der Waals surface area contributed by atoms with Crippen molar-refractivity contribution in [3.63, 3.8) is 0 Å². The lowest BCUT2D eigenvalue weighted by Crippen LogP contribution is -2.29. The van der Waals surface area contributed by atoms with Crippen molar-refractivity contribution in [1.82, 2.24) is 5.43 Å². The summed E-state index contributed by atoms with van der Waals surface area (Å²) in [5.74, 6) is 6.27. The molecule has 0 bridgehead atoms. The normalized spacial score (nSPS) is 12.6. The van der Waals surface area contributed by atoms with E-state index < -0.39 is 0 Å². The van der Waals surface area contributed by atoms with Gasteiger partial charge >= 0.3 is 0 Å². The lowest BCUT2D eigenvalue weighted by atomic mass is 10.0. The zero-order chi connectivity index (χ0) is 12.3. The van der Waals surface area contributed by atoms with E-state index in [-0.39, 0.29) is 6.04 Å². The summed E-state index contributed by atoms with van der Waals surface area (Å²) in [5.41, 5.74) is 3.89. The van der Waals surface area contributed by atoms with Gasteiger partial charge in [-0.15, -0.1) is 0 Å². The molecule has 0 amide bonds. The number of halogens is 2. The van der Waals surface area contributed by atoms with Gasteiger partial charge in [-0.05, 0) is 41.8 Å². The van der Waals surface area contributed by atoms with Crippen molar-refractivity contribution in [3.05, 3.63) is 57.4 Å². The van der Waals surface area contributed by atoms with E-state index in [1.165, 1.54) is 0 Å². The first kappa shape index (κ1) is 12.6. The first-order valence-electron chi connectivity index (χ1n) is 5.15. The van der Waals surface area contributed by atoms with Gasteiger partial charge in [0, 0.05) is 4.47 Å². The van der Waals surface area contributed by atoms with Gasteiger partial charge < -0.3 is 4.42 Å². The fourth-order valence-electron chi connectivity index (χ4n) is 1.64. The summed E-state index contributed by atoms with van der Waals surface area (Å²) in [6.07, 6.45) is 0.724. The van der Waals surface area contributed by atoms with Gasteiger partial charge in [0.25, 0.3) is 0 Å². The van der Waals surface area contributed by atoms with Crippen LogP contribution in [0.5, 0.6) is 0 Å². The van der Waals surface area contributed by atoms with Gasteiger partial charge in [-0.2, -0.15) is 0 Å². The van der Waals surface area contributed by atoms with Crippen LogP contribution in [0.1, 0.15) is 17.4 Å². The van der Waals surface area contributed by atoms with Crippen LogP contribution in [0.4, 0.5) is 0 Å². The van der Waals surface area contributed by atoms with Crippen molar-refractivity contribution in [2.75, 3.05) is 0 Å². The number of hydrogen-bond acceptors (Lipinski definition) is 3. The molecule has 0 fully saturated rings. The Balaban J connectivity index is 2.18. The van der Waals surface area contributed by atoms with E-state index in [0.29, 0.717) is 5.22 Å². The second kappa shape index (κ2) is 5.69. The Morgan fingerprint density at radius 2 is 2.06 bits per heavy atom. The molecule has 3 nitrogen and oxygen atoms in total. The highest BCUT2D eigenvalue weighted by Gasteiger charge is 2.15. The molecule has 0 aliphatic carbocycles. The Morgan fingerprint density at radius 3 is 2.65 bits per heavy atom. The number of nitrogens with two attached hydrogens (primary N) is 1. The van der Waals surface area contributed by atoms with E-state index in [0.717, 1.165) is 22.2 Å². The smallest absolute Gasteiger partial charge is 0.193 e. The Hall–Kier alpha value is -0.810. The number of rotatable bonds is 4. The number of hydrazine groups is 1. The highest BCUT2D eigenvalue weighted by Crippen LogP contribution is 2.25. The fraction of sp³-hybridized carbons (Fsp3) is 0.167. The van der Waals surface area contributed by atoms with Crippen LogP contribution >= 0.6 is 27.5 Å². The molecule has 0 aliphatic rings. The van der Waals surface area contributed by atoms with Crippen molar-refractivity contribution in [2.24, 2.45) is 5.84 Å². The summed E-state index contributed by atoms with van der Waals surface area (Å²) in [4.78, 5) is 0. The summed E-state index contributed by atoms with van der Waals surface area (Å²) >= 11 is 9.26. The van der Waals surface area contributed by atoms with Gasteiger partial charge in [-0.1, -0.05) is 34.1 Å². The number of furan rings is 1. The third kappa shape index (κ3) is 3.10. The third-order valence-electron chi connectivity index (χ3n) is 2.52. The molecular weight excluding hydrogens is 304 g/mol. The summed E-state index contributed by atoms with van der Waals surface area (Å²) in [7, 11) is 0. The monoisotopic (exact) mass is 314 g/mol. The minimum Gasteiger partial charge on any atom is -0.448 e. The molecular formula is C12H12BrClN2O. The molecule has 3 N–H and O–H groups in total. The van der Waals surface area contributed by atoms with Crippen molar-refractivity contribution < 1.29 is 4.42 Å². The van der Waals surface area contributed by atoms with Crippen molar-refractivity contribution in [2.45, 2.75) is 12.5 Å². The van der Waals surface area contributed by atoms with E-state index in [4.69, 9.17) is 21.9 Å². The molecule has 90 valence electrons. The Morgan fingerprint density at radius 1 is 1.29 bits per heavy atom. The van der Waals surface area contributed by atoms with Crippen LogP contribution in [0, 0.1) is 0 Å². The van der Waals surface area contributed by atoms with Gasteiger partial charge in [0.05, 0.1) is 6.04 Å². The van der Waals surface area contributed by atoms with E-state index in [1.807, 2.05) is 30.3 Å². The molecule has 1 aromatic heterocycles. The van der Waals surface area contributed by atoms with Gasteiger partial charge in [0.15, 0.2) is 5.22 Å². The lowest BCUT2D eigenvalue weighted by molar-refractivity contribution is 0.416. The van der Waals surface area contributed by atoms with E-state index in [2.05, 4.69) is 21.4 Å². The first-order valence-corrected chi connectivity index (χ1v) is 6.32. The largest absolute Gasteiger partial charge is 0.448 e. The minimum absolute atomic E-state index is 0.0961. The van der Waals surface area contributed by atoms with Crippen molar-refractivity contribution in [3.8, 4) is 0 Å². The fourth-order valence-corrected chi connectivity index (χ4v) is 2.24. The summed E-state index contributed by atoms with van der Waals surface area (Å²) in [5, 5.41) is 0.368. The highest BCUT2D eigenvalue weighted by atomic mass is 79.9. The van der Waals surface area contributed by atoms with Crippen LogP contribution in [0.2, 0.25) is 5.22 Å². The zero-order valence-corrected chi connectivity index (χ0v) is 11.3. The maximum absolute atomic E-state index is 5.75. The standard InChI is InChI=1S/C12H12BrClN2O/c13-9-4-2-1-3-8(9)7-10(16-15)11-5-6-12(14)17-11/h1-6,10,16H,7,15H2. The molecule has 17 heavy (non-hydrogen) atoms. The number of benzene rings is 1. The van der Waals surface area contributed by atoms with Gasteiger partial charge in [-0.3, -0.25) is 5.84 Å². The molecule has 2 rings (SSSR count). The van der Waals surface area contributed by atoms with Gasteiger partial charge in [-0.25, -0.2) is 5.43 Å². The summed E-state index contributed by atoms with van der Waals surface area (Å²) in [6.45, 7) is 0. The van der Waals surface area contributed by atoms with Crippen molar-refractivity contribution >= 4 is 27.5 Å². The molecule has 0 aliphatic heterocycles. The Kier molecular flexibility index (Phi) is 4.23. The summed E-state index contributed by atoms with van der Waals surface area (Å²) < 4.78 is 6.41. The average Bonchev–Trinajstić information content (AvgIpc) is 2.75. The predicted octanol–water partition coefficient (Wildman–Crippen LogP) is 3.44. The summed E-state index contributed by atoms with van der Waals surface area (Å²) in [6, 6.07) is 11.4. The lowest BCUT2D eigenvalue weighted by Gasteiger charge is -2.14. The van der Waals surface area contributed by atoms with Gasteiger partial charge in [0.2, 0.25) is 0 Å². The molecule has 0 saturated carbocycles. The second-order valence-corrected chi connectivity index (χ2v) is 4.88. The number of nitrogens with one attached hydrogen (secondary N) is 1.